The fourth-order valence-electron chi connectivity index (χ4n) is 1.68. The number of hydrogen-bond donors (Lipinski definition) is 0. The average molecular weight is 347 g/mol. The summed E-state index contributed by atoms with van der Waals surface area (Å²) in [6, 6.07) is 8.58. The van der Waals surface area contributed by atoms with Crippen LogP contribution in [-0.2, 0) is 6.18 Å². The van der Waals surface area contributed by atoms with Crippen molar-refractivity contribution in [2.24, 2.45) is 0 Å². The van der Waals surface area contributed by atoms with Gasteiger partial charge in [-0.1, -0.05) is 22.0 Å². The molecule has 0 bridgehead atoms. The summed E-state index contributed by atoms with van der Waals surface area (Å²) in [5.41, 5.74) is -1.92. The minimum Gasteiger partial charge on any atom is -0.288 e. The quantitative estimate of drug-likeness (QED) is 0.561. The van der Waals surface area contributed by atoms with Crippen molar-refractivity contribution < 1.29 is 22.4 Å². The molecule has 20 heavy (non-hydrogen) atoms. The lowest BCUT2D eigenvalue weighted by molar-refractivity contribution is -0.140. The molecular weight excluding hydrogens is 340 g/mol. The molecule has 0 heterocycles. The summed E-state index contributed by atoms with van der Waals surface area (Å²) in [6.07, 6.45) is -4.83. The van der Waals surface area contributed by atoms with E-state index in [9.17, 15) is 22.4 Å². The van der Waals surface area contributed by atoms with Crippen molar-refractivity contribution >= 4 is 21.7 Å². The third-order valence-corrected chi connectivity index (χ3v) is 3.18. The first-order chi connectivity index (χ1) is 9.30. The molecule has 104 valence electrons. The standard InChI is InChI=1S/C14H7BrF4O/c15-9-6-4-8(5-7-9)13(20)10-2-1-3-11(12(10)16)14(17,18)19/h1-7H. The highest BCUT2D eigenvalue weighted by Crippen LogP contribution is 2.32. The molecule has 2 rings (SSSR count). The van der Waals surface area contributed by atoms with Gasteiger partial charge in [0.05, 0.1) is 11.1 Å². The molecular formula is C14H7BrF4O. The second-order valence-electron chi connectivity index (χ2n) is 4.00. The molecule has 2 aromatic rings. The Morgan fingerprint density at radius 3 is 2.15 bits per heavy atom. The number of carbonyl (C=O) groups excluding carboxylic acids is 1. The highest BCUT2D eigenvalue weighted by Gasteiger charge is 2.35. The second kappa shape index (κ2) is 5.36. The zero-order chi connectivity index (χ0) is 14.9. The smallest absolute Gasteiger partial charge is 0.288 e. The van der Waals surface area contributed by atoms with Crippen LogP contribution in [0.15, 0.2) is 46.9 Å². The van der Waals surface area contributed by atoms with E-state index in [1.54, 1.807) is 12.1 Å². The molecule has 0 spiro atoms. The summed E-state index contributed by atoms with van der Waals surface area (Å²) in [7, 11) is 0. The van der Waals surface area contributed by atoms with E-state index in [4.69, 9.17) is 0 Å². The maximum atomic E-state index is 13.8. The monoisotopic (exact) mass is 346 g/mol. The third-order valence-electron chi connectivity index (χ3n) is 2.66. The van der Waals surface area contributed by atoms with Gasteiger partial charge in [-0.25, -0.2) is 4.39 Å². The number of halogens is 5. The minimum absolute atomic E-state index is 0.117. The Balaban J connectivity index is 2.48. The summed E-state index contributed by atoms with van der Waals surface area (Å²) >= 11 is 3.17. The van der Waals surface area contributed by atoms with Gasteiger partial charge >= 0.3 is 6.18 Å². The van der Waals surface area contributed by atoms with E-state index in [-0.39, 0.29) is 5.56 Å². The molecule has 2 aromatic carbocycles. The first kappa shape index (κ1) is 14.7. The van der Waals surface area contributed by atoms with Gasteiger partial charge in [0.15, 0.2) is 5.78 Å². The number of alkyl halides is 3. The van der Waals surface area contributed by atoms with Crippen LogP contribution in [0.25, 0.3) is 0 Å². The Labute approximate surface area is 120 Å². The molecule has 0 aliphatic rings. The van der Waals surface area contributed by atoms with Crippen LogP contribution in [0.4, 0.5) is 17.6 Å². The summed E-state index contributed by atoms with van der Waals surface area (Å²) in [5, 5.41) is 0. The molecule has 1 nitrogen and oxygen atoms in total. The fourth-order valence-corrected chi connectivity index (χ4v) is 1.95. The van der Waals surface area contributed by atoms with Crippen LogP contribution in [0.5, 0.6) is 0 Å². The van der Waals surface area contributed by atoms with Gasteiger partial charge in [-0.2, -0.15) is 13.2 Å². The van der Waals surface area contributed by atoms with Crippen LogP contribution >= 0.6 is 15.9 Å². The van der Waals surface area contributed by atoms with Crippen LogP contribution in [0.1, 0.15) is 21.5 Å². The SMILES string of the molecule is O=C(c1ccc(Br)cc1)c1cccc(C(F)(F)F)c1F. The van der Waals surface area contributed by atoms with E-state index < -0.39 is 28.9 Å². The van der Waals surface area contributed by atoms with Crippen molar-refractivity contribution in [3.8, 4) is 0 Å². The van der Waals surface area contributed by atoms with Crippen LogP contribution in [0, 0.1) is 5.82 Å². The first-order valence-electron chi connectivity index (χ1n) is 5.46. The lowest BCUT2D eigenvalue weighted by Crippen LogP contribution is -2.13. The molecule has 0 N–H and O–H groups in total. The Morgan fingerprint density at radius 2 is 1.60 bits per heavy atom. The predicted molar refractivity (Wildman–Crippen MR) is 69.0 cm³/mol. The van der Waals surface area contributed by atoms with Gasteiger partial charge in [0.2, 0.25) is 0 Å². The summed E-state index contributed by atoms with van der Waals surface area (Å²) in [6.45, 7) is 0. The lowest BCUT2D eigenvalue weighted by atomic mass is 10.0. The van der Waals surface area contributed by atoms with E-state index >= 15 is 0 Å². The summed E-state index contributed by atoms with van der Waals surface area (Å²) in [4.78, 5) is 12.0. The van der Waals surface area contributed by atoms with Gasteiger partial charge in [0, 0.05) is 10.0 Å². The van der Waals surface area contributed by atoms with Gasteiger partial charge in [-0.15, -0.1) is 0 Å². The number of carbonyl (C=O) groups is 1. The molecule has 0 atom stereocenters. The zero-order valence-electron chi connectivity index (χ0n) is 9.84. The van der Waals surface area contributed by atoms with E-state index in [2.05, 4.69) is 15.9 Å². The van der Waals surface area contributed by atoms with Crippen molar-refractivity contribution in [3.63, 3.8) is 0 Å². The number of ketones is 1. The number of benzene rings is 2. The van der Waals surface area contributed by atoms with Gasteiger partial charge in [0.25, 0.3) is 0 Å². The number of hydrogen-bond acceptors (Lipinski definition) is 1. The van der Waals surface area contributed by atoms with Gasteiger partial charge in [-0.3, -0.25) is 4.79 Å². The van der Waals surface area contributed by atoms with E-state index in [0.717, 1.165) is 12.1 Å². The molecule has 0 aliphatic heterocycles. The van der Waals surface area contributed by atoms with E-state index in [0.29, 0.717) is 10.5 Å². The van der Waals surface area contributed by atoms with Gasteiger partial charge in [0.1, 0.15) is 5.82 Å². The summed E-state index contributed by atoms with van der Waals surface area (Å²) in [5.74, 6) is -2.34. The maximum Gasteiger partial charge on any atom is 0.419 e. The number of rotatable bonds is 2. The molecule has 0 fully saturated rings. The van der Waals surface area contributed by atoms with Crippen LogP contribution in [0.2, 0.25) is 0 Å². The second-order valence-corrected chi connectivity index (χ2v) is 4.92. The predicted octanol–water partition coefficient (Wildman–Crippen LogP) is 4.84. The Bertz CT molecular complexity index is 647. The molecule has 0 saturated heterocycles. The first-order valence-corrected chi connectivity index (χ1v) is 6.26. The topological polar surface area (TPSA) is 17.1 Å². The fraction of sp³-hybridized carbons (Fsp3) is 0.0714. The molecule has 0 saturated carbocycles. The van der Waals surface area contributed by atoms with Crippen LogP contribution < -0.4 is 0 Å². The molecule has 0 unspecified atom stereocenters. The van der Waals surface area contributed by atoms with Crippen LogP contribution in [0.3, 0.4) is 0 Å². The van der Waals surface area contributed by atoms with Crippen molar-refractivity contribution in [2.75, 3.05) is 0 Å². The molecule has 0 radical (unpaired) electrons. The van der Waals surface area contributed by atoms with E-state index in [1.165, 1.54) is 12.1 Å². The highest BCUT2D eigenvalue weighted by atomic mass is 79.9. The third kappa shape index (κ3) is 2.90. The van der Waals surface area contributed by atoms with Crippen LogP contribution in [-0.4, -0.2) is 5.78 Å². The zero-order valence-corrected chi connectivity index (χ0v) is 11.4. The highest BCUT2D eigenvalue weighted by molar-refractivity contribution is 9.10. The van der Waals surface area contributed by atoms with Gasteiger partial charge in [-0.05, 0) is 36.4 Å². The maximum absolute atomic E-state index is 13.8. The Hall–Kier alpha value is -1.69. The minimum atomic E-state index is -4.83. The Kier molecular flexibility index (Phi) is 3.94. The normalized spacial score (nSPS) is 11.4. The average Bonchev–Trinajstić information content (AvgIpc) is 2.37. The molecule has 0 aliphatic carbocycles. The lowest BCUT2D eigenvalue weighted by Gasteiger charge is -2.10. The van der Waals surface area contributed by atoms with Crippen molar-refractivity contribution in [1.82, 2.24) is 0 Å². The van der Waals surface area contributed by atoms with Gasteiger partial charge < -0.3 is 0 Å². The summed E-state index contributed by atoms with van der Waals surface area (Å²) < 4.78 is 52.3. The van der Waals surface area contributed by atoms with Crippen molar-refractivity contribution in [2.45, 2.75) is 6.18 Å². The Morgan fingerprint density at radius 1 is 1.00 bits per heavy atom. The molecule has 0 aromatic heterocycles. The van der Waals surface area contributed by atoms with E-state index in [1.807, 2.05) is 0 Å². The molecule has 6 heteroatoms. The van der Waals surface area contributed by atoms with Crippen molar-refractivity contribution in [1.29, 1.82) is 0 Å². The van der Waals surface area contributed by atoms with Crippen molar-refractivity contribution in [3.05, 3.63) is 69.4 Å². The molecule has 0 amide bonds. The largest absolute Gasteiger partial charge is 0.419 e.